The van der Waals surface area contributed by atoms with Crippen molar-refractivity contribution in [1.82, 2.24) is 15.1 Å². The number of carboxylic acid groups (broad SMARTS) is 1. The minimum absolute atomic E-state index is 0.124. The summed E-state index contributed by atoms with van der Waals surface area (Å²) in [7, 11) is 2.11. The summed E-state index contributed by atoms with van der Waals surface area (Å²) in [6.45, 7) is 2.47. The van der Waals surface area contributed by atoms with Gasteiger partial charge in [-0.05, 0) is 32.7 Å². The van der Waals surface area contributed by atoms with Crippen LogP contribution >= 0.6 is 0 Å². The van der Waals surface area contributed by atoms with Gasteiger partial charge in [-0.15, -0.1) is 0 Å². The summed E-state index contributed by atoms with van der Waals surface area (Å²) in [6.07, 6.45) is 6.58. The molecule has 2 amide bonds. The molecule has 0 aromatic carbocycles. The number of nitrogens with zero attached hydrogens (tertiary/aromatic N) is 2. The molecule has 1 unspecified atom stereocenters. The van der Waals surface area contributed by atoms with Gasteiger partial charge in [-0.25, -0.2) is 4.79 Å². The zero-order chi connectivity index (χ0) is 15.2. The molecule has 1 aliphatic carbocycles. The lowest BCUT2D eigenvalue weighted by molar-refractivity contribution is -0.143. The third-order valence-electron chi connectivity index (χ3n) is 4.75. The van der Waals surface area contributed by atoms with Crippen molar-refractivity contribution in [2.45, 2.75) is 44.6 Å². The second-order valence-electron chi connectivity index (χ2n) is 6.27. The molecule has 0 spiro atoms. The van der Waals surface area contributed by atoms with Crippen molar-refractivity contribution >= 4 is 12.0 Å². The second kappa shape index (κ2) is 7.64. The Hall–Kier alpha value is -1.30. The van der Waals surface area contributed by atoms with Crippen molar-refractivity contribution in [3.8, 4) is 0 Å². The molecule has 2 rings (SSSR count). The van der Waals surface area contributed by atoms with E-state index in [1.165, 1.54) is 25.7 Å². The molecule has 0 radical (unpaired) electrons. The predicted molar refractivity (Wildman–Crippen MR) is 80.2 cm³/mol. The standard InChI is InChI=1S/C15H27N3O3/c1-17(13-6-2-3-7-13)10-8-16-15(21)18-9-4-5-12(11-18)14(19)20/h12-13H,2-11H2,1H3,(H,16,21)(H,19,20). The van der Waals surface area contributed by atoms with Crippen molar-refractivity contribution in [2.24, 2.45) is 5.92 Å². The Kier molecular flexibility index (Phi) is 5.85. The third kappa shape index (κ3) is 4.59. The highest BCUT2D eigenvalue weighted by molar-refractivity contribution is 5.76. The molecule has 1 saturated heterocycles. The molecule has 1 atom stereocenters. The molecule has 1 aliphatic heterocycles. The molecule has 120 valence electrons. The summed E-state index contributed by atoms with van der Waals surface area (Å²) in [5.74, 6) is -1.21. The summed E-state index contributed by atoms with van der Waals surface area (Å²) in [5, 5.41) is 12.0. The molecule has 0 bridgehead atoms. The van der Waals surface area contributed by atoms with Crippen molar-refractivity contribution in [1.29, 1.82) is 0 Å². The number of hydrogen-bond donors (Lipinski definition) is 2. The predicted octanol–water partition coefficient (Wildman–Crippen LogP) is 1.37. The van der Waals surface area contributed by atoms with E-state index in [4.69, 9.17) is 5.11 Å². The number of carboxylic acids is 1. The minimum Gasteiger partial charge on any atom is -0.481 e. The van der Waals surface area contributed by atoms with Gasteiger partial charge in [0.25, 0.3) is 0 Å². The van der Waals surface area contributed by atoms with Gasteiger partial charge in [0, 0.05) is 32.2 Å². The number of nitrogens with one attached hydrogen (secondary N) is 1. The third-order valence-corrected chi connectivity index (χ3v) is 4.75. The molecule has 6 heteroatoms. The smallest absolute Gasteiger partial charge is 0.317 e. The van der Waals surface area contributed by atoms with Crippen molar-refractivity contribution in [3.05, 3.63) is 0 Å². The number of piperidine rings is 1. The summed E-state index contributed by atoms with van der Waals surface area (Å²) in [4.78, 5) is 27.0. The first-order chi connectivity index (χ1) is 10.1. The molecule has 0 aromatic heterocycles. The number of carbonyl (C=O) groups is 2. The lowest BCUT2D eigenvalue weighted by atomic mass is 9.99. The van der Waals surface area contributed by atoms with Crippen LogP contribution in [0.5, 0.6) is 0 Å². The van der Waals surface area contributed by atoms with Gasteiger partial charge in [0.1, 0.15) is 0 Å². The number of urea groups is 1. The van der Waals surface area contributed by atoms with Gasteiger partial charge < -0.3 is 20.2 Å². The number of aliphatic carboxylic acids is 1. The quantitative estimate of drug-likeness (QED) is 0.804. The molecule has 2 aliphatic rings. The van der Waals surface area contributed by atoms with Gasteiger partial charge >= 0.3 is 12.0 Å². The van der Waals surface area contributed by atoms with Crippen LogP contribution in [0.1, 0.15) is 38.5 Å². The largest absolute Gasteiger partial charge is 0.481 e. The molecule has 1 saturated carbocycles. The van der Waals surface area contributed by atoms with E-state index in [0.29, 0.717) is 32.1 Å². The summed E-state index contributed by atoms with van der Waals surface area (Å²) < 4.78 is 0. The van der Waals surface area contributed by atoms with E-state index < -0.39 is 11.9 Å². The zero-order valence-corrected chi connectivity index (χ0v) is 12.9. The number of likely N-dealkylation sites (tertiary alicyclic amines) is 1. The normalized spacial score (nSPS) is 23.5. The van der Waals surface area contributed by atoms with Gasteiger partial charge in [0.2, 0.25) is 0 Å². The van der Waals surface area contributed by atoms with Crippen LogP contribution in [0.25, 0.3) is 0 Å². The van der Waals surface area contributed by atoms with Crippen LogP contribution in [0.3, 0.4) is 0 Å². The summed E-state index contributed by atoms with van der Waals surface area (Å²) in [6, 6.07) is 0.536. The monoisotopic (exact) mass is 297 g/mol. The average Bonchev–Trinajstić information content (AvgIpc) is 3.01. The Morgan fingerprint density at radius 3 is 2.62 bits per heavy atom. The highest BCUT2D eigenvalue weighted by Gasteiger charge is 2.28. The SMILES string of the molecule is CN(CCNC(=O)N1CCCC(C(=O)O)C1)C1CCCC1. The maximum absolute atomic E-state index is 12.1. The number of hydrogen-bond acceptors (Lipinski definition) is 3. The topological polar surface area (TPSA) is 72.9 Å². The van der Waals surface area contributed by atoms with Crippen molar-refractivity contribution in [3.63, 3.8) is 0 Å². The first-order valence-electron chi connectivity index (χ1n) is 8.03. The van der Waals surface area contributed by atoms with Gasteiger partial charge in [-0.3, -0.25) is 4.79 Å². The zero-order valence-electron chi connectivity index (χ0n) is 12.9. The Balaban J connectivity index is 1.67. The molecular weight excluding hydrogens is 270 g/mol. The van der Waals surface area contributed by atoms with Crippen LogP contribution in [0.2, 0.25) is 0 Å². The fraction of sp³-hybridized carbons (Fsp3) is 0.867. The first-order valence-corrected chi connectivity index (χ1v) is 8.03. The minimum atomic E-state index is -0.798. The van der Waals surface area contributed by atoms with E-state index >= 15 is 0 Å². The Morgan fingerprint density at radius 2 is 1.95 bits per heavy atom. The molecule has 2 N–H and O–H groups in total. The van der Waals surface area contributed by atoms with Crippen molar-refractivity contribution in [2.75, 3.05) is 33.2 Å². The fourth-order valence-electron chi connectivity index (χ4n) is 3.34. The number of likely N-dealkylation sites (N-methyl/N-ethyl adjacent to an activating group) is 1. The number of rotatable bonds is 5. The van der Waals surface area contributed by atoms with E-state index in [0.717, 1.165) is 13.0 Å². The molecule has 2 fully saturated rings. The molecular formula is C15H27N3O3. The van der Waals surface area contributed by atoms with Crippen LogP contribution in [0.15, 0.2) is 0 Å². The maximum atomic E-state index is 12.1. The number of carbonyl (C=O) groups excluding carboxylic acids is 1. The molecule has 21 heavy (non-hydrogen) atoms. The molecule has 0 aromatic rings. The van der Waals surface area contributed by atoms with Crippen LogP contribution in [0, 0.1) is 5.92 Å². The van der Waals surface area contributed by atoms with E-state index in [2.05, 4.69) is 17.3 Å². The van der Waals surface area contributed by atoms with Gasteiger partial charge in [0.05, 0.1) is 5.92 Å². The lowest BCUT2D eigenvalue weighted by Gasteiger charge is -2.31. The molecule has 6 nitrogen and oxygen atoms in total. The maximum Gasteiger partial charge on any atom is 0.317 e. The van der Waals surface area contributed by atoms with E-state index in [9.17, 15) is 9.59 Å². The van der Waals surface area contributed by atoms with E-state index in [1.54, 1.807) is 4.90 Å². The van der Waals surface area contributed by atoms with Crippen LogP contribution in [0.4, 0.5) is 4.79 Å². The first kappa shape index (κ1) is 16.1. The van der Waals surface area contributed by atoms with E-state index in [1.807, 2.05) is 0 Å². The van der Waals surface area contributed by atoms with Gasteiger partial charge in [-0.2, -0.15) is 0 Å². The van der Waals surface area contributed by atoms with Gasteiger partial charge in [-0.1, -0.05) is 12.8 Å². The lowest BCUT2D eigenvalue weighted by Crippen LogP contribution is -2.48. The Labute approximate surface area is 126 Å². The average molecular weight is 297 g/mol. The molecule has 1 heterocycles. The highest BCUT2D eigenvalue weighted by atomic mass is 16.4. The van der Waals surface area contributed by atoms with Gasteiger partial charge in [0.15, 0.2) is 0 Å². The van der Waals surface area contributed by atoms with Crippen LogP contribution < -0.4 is 5.32 Å². The Bertz CT molecular complexity index is 369. The van der Waals surface area contributed by atoms with Crippen LogP contribution in [-0.4, -0.2) is 66.2 Å². The Morgan fingerprint density at radius 1 is 1.24 bits per heavy atom. The van der Waals surface area contributed by atoms with E-state index in [-0.39, 0.29) is 6.03 Å². The summed E-state index contributed by atoms with van der Waals surface area (Å²) in [5.41, 5.74) is 0. The second-order valence-corrected chi connectivity index (χ2v) is 6.27. The fourth-order valence-corrected chi connectivity index (χ4v) is 3.34. The van der Waals surface area contributed by atoms with Crippen molar-refractivity contribution < 1.29 is 14.7 Å². The highest BCUT2D eigenvalue weighted by Crippen LogP contribution is 2.21. The summed E-state index contributed by atoms with van der Waals surface area (Å²) >= 11 is 0. The number of amides is 2. The van der Waals surface area contributed by atoms with Crippen LogP contribution in [-0.2, 0) is 4.79 Å².